The highest BCUT2D eigenvalue weighted by atomic mass is 16.2. The number of aryl methyl sites for hydroxylation is 2. The molecule has 0 aliphatic rings. The third-order valence-electron chi connectivity index (χ3n) is 3.22. The Hall–Kier alpha value is -2.19. The molecule has 0 bridgehead atoms. The van der Waals surface area contributed by atoms with Crippen molar-refractivity contribution in [1.82, 2.24) is 4.98 Å². The normalized spacial score (nSPS) is 10.7. The zero-order valence-electron chi connectivity index (χ0n) is 13.1. The molecule has 1 aromatic heterocycles. The van der Waals surface area contributed by atoms with Gasteiger partial charge in [-0.05, 0) is 42.9 Å². The van der Waals surface area contributed by atoms with Gasteiger partial charge in [-0.1, -0.05) is 32.9 Å². The van der Waals surface area contributed by atoms with Crippen molar-refractivity contribution in [2.24, 2.45) is 5.41 Å². The van der Waals surface area contributed by atoms with E-state index >= 15 is 0 Å². The minimum Gasteiger partial charge on any atom is -0.398 e. The number of carbonyl (C=O) groups excluding carboxylic acids is 2. The van der Waals surface area contributed by atoms with Crippen LogP contribution in [-0.4, -0.2) is 11.1 Å². The molecule has 2 N–H and O–H groups in total. The largest absolute Gasteiger partial charge is 0.398 e. The summed E-state index contributed by atoms with van der Waals surface area (Å²) >= 11 is 0. The van der Waals surface area contributed by atoms with Gasteiger partial charge in [-0.2, -0.15) is 9.59 Å². The predicted octanol–water partition coefficient (Wildman–Crippen LogP) is 3.52. The van der Waals surface area contributed by atoms with Crippen LogP contribution in [0.2, 0.25) is 0 Å². The van der Waals surface area contributed by atoms with Crippen LogP contribution in [-0.2, 0) is 16.0 Å². The molecule has 0 unspecified atom stereocenters. The van der Waals surface area contributed by atoms with Crippen LogP contribution in [0.3, 0.4) is 0 Å². The molecule has 2 rings (SSSR count). The van der Waals surface area contributed by atoms with Crippen LogP contribution in [0.15, 0.2) is 24.3 Å². The Labute approximate surface area is 125 Å². The second kappa shape index (κ2) is 7.00. The van der Waals surface area contributed by atoms with Gasteiger partial charge in [0.1, 0.15) is 0 Å². The molecule has 0 radical (unpaired) electrons. The molecule has 4 nitrogen and oxygen atoms in total. The van der Waals surface area contributed by atoms with Crippen molar-refractivity contribution < 1.29 is 9.59 Å². The minimum absolute atomic E-state index is 0.250. The van der Waals surface area contributed by atoms with Gasteiger partial charge >= 0.3 is 6.15 Å². The fourth-order valence-corrected chi connectivity index (χ4v) is 2.25. The number of anilines is 1. The van der Waals surface area contributed by atoms with Gasteiger partial charge in [-0.15, -0.1) is 0 Å². The van der Waals surface area contributed by atoms with Crippen molar-refractivity contribution in [1.29, 1.82) is 0 Å². The second-order valence-corrected chi connectivity index (χ2v) is 6.31. The molecule has 0 aliphatic heterocycles. The molecule has 112 valence electrons. The number of fused-ring (bicyclic) bond motifs is 1. The molecule has 0 amide bonds. The maximum Gasteiger partial charge on any atom is 0.373 e. The minimum atomic E-state index is 0.250. The molecular formula is C17H22N2O2. The Kier molecular flexibility index (Phi) is 5.62. The molecule has 1 aromatic carbocycles. The van der Waals surface area contributed by atoms with E-state index in [1.165, 1.54) is 5.56 Å². The van der Waals surface area contributed by atoms with Crippen molar-refractivity contribution in [2.75, 3.05) is 5.73 Å². The number of pyridine rings is 1. The Morgan fingerprint density at radius 1 is 1.24 bits per heavy atom. The van der Waals surface area contributed by atoms with E-state index in [4.69, 9.17) is 15.3 Å². The van der Waals surface area contributed by atoms with Gasteiger partial charge in [0.2, 0.25) is 0 Å². The van der Waals surface area contributed by atoms with Crippen molar-refractivity contribution in [3.05, 3.63) is 35.5 Å². The summed E-state index contributed by atoms with van der Waals surface area (Å²) in [7, 11) is 0. The lowest BCUT2D eigenvalue weighted by molar-refractivity contribution is -0.191. The summed E-state index contributed by atoms with van der Waals surface area (Å²) in [6, 6.07) is 8.25. The van der Waals surface area contributed by atoms with Gasteiger partial charge in [-0.25, -0.2) is 0 Å². The SMILES string of the molecule is Cc1cc(N)c2c(CCC(C)(C)C)cccc2n1.O=C=O. The molecule has 0 spiro atoms. The van der Waals surface area contributed by atoms with Crippen LogP contribution in [0.25, 0.3) is 10.9 Å². The lowest BCUT2D eigenvalue weighted by atomic mass is 9.87. The number of hydrogen-bond acceptors (Lipinski definition) is 4. The molecule has 0 saturated carbocycles. The molecular weight excluding hydrogens is 264 g/mol. The summed E-state index contributed by atoms with van der Waals surface area (Å²) in [5, 5.41) is 1.13. The Morgan fingerprint density at radius 2 is 1.86 bits per heavy atom. The molecule has 2 aromatic rings. The molecule has 0 aliphatic carbocycles. The smallest absolute Gasteiger partial charge is 0.373 e. The predicted molar refractivity (Wildman–Crippen MR) is 83.7 cm³/mol. The highest BCUT2D eigenvalue weighted by Crippen LogP contribution is 2.28. The van der Waals surface area contributed by atoms with E-state index in [1.54, 1.807) is 0 Å². The summed E-state index contributed by atoms with van der Waals surface area (Å²) in [6.45, 7) is 8.79. The van der Waals surface area contributed by atoms with E-state index in [1.807, 2.05) is 19.1 Å². The fourth-order valence-electron chi connectivity index (χ4n) is 2.25. The molecule has 1 heterocycles. The first-order valence-corrected chi connectivity index (χ1v) is 6.92. The van der Waals surface area contributed by atoms with Crippen molar-refractivity contribution >= 4 is 22.7 Å². The van der Waals surface area contributed by atoms with Crippen LogP contribution < -0.4 is 5.73 Å². The first-order chi connectivity index (χ1) is 9.78. The lowest BCUT2D eigenvalue weighted by Gasteiger charge is -2.18. The van der Waals surface area contributed by atoms with Gasteiger partial charge in [0.15, 0.2) is 0 Å². The van der Waals surface area contributed by atoms with E-state index in [0.717, 1.165) is 35.1 Å². The first-order valence-electron chi connectivity index (χ1n) is 6.92. The van der Waals surface area contributed by atoms with Gasteiger partial charge in [0.05, 0.1) is 5.52 Å². The van der Waals surface area contributed by atoms with Gasteiger partial charge in [0, 0.05) is 16.8 Å². The van der Waals surface area contributed by atoms with Crippen LogP contribution in [0.4, 0.5) is 5.69 Å². The van der Waals surface area contributed by atoms with E-state index in [2.05, 4.69) is 37.9 Å². The van der Waals surface area contributed by atoms with Crippen molar-refractivity contribution in [2.45, 2.75) is 40.5 Å². The third kappa shape index (κ3) is 5.01. The number of benzene rings is 1. The third-order valence-corrected chi connectivity index (χ3v) is 3.22. The molecule has 0 fully saturated rings. The summed E-state index contributed by atoms with van der Waals surface area (Å²) < 4.78 is 0. The summed E-state index contributed by atoms with van der Waals surface area (Å²) in [4.78, 5) is 20.8. The zero-order chi connectivity index (χ0) is 16.0. The standard InChI is InChI=1S/C16H22N2.CO2/c1-11-10-13(17)15-12(8-9-16(2,3)4)6-5-7-14(15)18-11;2-1-3/h5-7,10H,8-9H2,1-4H3,(H2,17,18);. The maximum absolute atomic E-state index is 8.12. The Morgan fingerprint density at radius 3 is 2.43 bits per heavy atom. The molecule has 4 heteroatoms. The number of hydrogen-bond donors (Lipinski definition) is 1. The van der Waals surface area contributed by atoms with Gasteiger partial charge in [-0.3, -0.25) is 4.98 Å². The van der Waals surface area contributed by atoms with Crippen LogP contribution in [0, 0.1) is 12.3 Å². The average Bonchev–Trinajstić information content (AvgIpc) is 2.35. The molecule has 0 saturated heterocycles. The van der Waals surface area contributed by atoms with Crippen molar-refractivity contribution in [3.8, 4) is 0 Å². The average molecular weight is 286 g/mol. The number of aromatic nitrogens is 1. The number of nitrogen functional groups attached to an aromatic ring is 1. The quantitative estimate of drug-likeness (QED) is 0.916. The first kappa shape index (κ1) is 16.9. The van der Waals surface area contributed by atoms with E-state index in [0.29, 0.717) is 5.41 Å². The Bertz CT molecular complexity index is 652. The zero-order valence-corrected chi connectivity index (χ0v) is 13.1. The number of nitrogens with zero attached hydrogens (tertiary/aromatic N) is 1. The highest BCUT2D eigenvalue weighted by molar-refractivity contribution is 5.93. The maximum atomic E-state index is 8.12. The van der Waals surface area contributed by atoms with Gasteiger partial charge in [0.25, 0.3) is 0 Å². The van der Waals surface area contributed by atoms with Crippen molar-refractivity contribution in [3.63, 3.8) is 0 Å². The van der Waals surface area contributed by atoms with E-state index in [-0.39, 0.29) is 6.15 Å². The van der Waals surface area contributed by atoms with E-state index < -0.39 is 0 Å². The van der Waals surface area contributed by atoms with E-state index in [9.17, 15) is 0 Å². The number of nitrogens with two attached hydrogens (primary N) is 1. The molecule has 0 atom stereocenters. The van der Waals surface area contributed by atoms with Crippen LogP contribution in [0.5, 0.6) is 0 Å². The fraction of sp³-hybridized carbons (Fsp3) is 0.412. The highest BCUT2D eigenvalue weighted by Gasteiger charge is 2.12. The second-order valence-electron chi connectivity index (χ2n) is 6.31. The summed E-state index contributed by atoms with van der Waals surface area (Å²) in [5.41, 5.74) is 10.7. The lowest BCUT2D eigenvalue weighted by Crippen LogP contribution is -2.07. The molecule has 21 heavy (non-hydrogen) atoms. The summed E-state index contributed by atoms with van der Waals surface area (Å²) in [6.07, 6.45) is 2.45. The van der Waals surface area contributed by atoms with Crippen LogP contribution in [0.1, 0.15) is 38.4 Å². The van der Waals surface area contributed by atoms with Crippen LogP contribution >= 0.6 is 0 Å². The number of rotatable bonds is 2. The topological polar surface area (TPSA) is 73.0 Å². The van der Waals surface area contributed by atoms with Gasteiger partial charge < -0.3 is 5.73 Å². The monoisotopic (exact) mass is 286 g/mol. The summed E-state index contributed by atoms with van der Waals surface area (Å²) in [5.74, 6) is 0. The Balaban J connectivity index is 0.000000677.